The van der Waals surface area contributed by atoms with Gasteiger partial charge >= 0.3 is 0 Å². The molecule has 1 N–H and O–H groups in total. The Morgan fingerprint density at radius 1 is 1.13 bits per heavy atom. The molecule has 0 aromatic heterocycles. The maximum absolute atomic E-state index is 12.8. The molecular formula is C13H18FN. The first-order chi connectivity index (χ1) is 7.25. The minimum atomic E-state index is -0.152. The fourth-order valence-electron chi connectivity index (χ4n) is 2.18. The van der Waals surface area contributed by atoms with E-state index < -0.39 is 0 Å². The van der Waals surface area contributed by atoms with Crippen molar-refractivity contribution in [3.63, 3.8) is 0 Å². The third kappa shape index (κ3) is 2.78. The zero-order valence-corrected chi connectivity index (χ0v) is 9.17. The predicted molar refractivity (Wildman–Crippen MR) is 60.2 cm³/mol. The smallest absolute Gasteiger partial charge is 0.123 e. The van der Waals surface area contributed by atoms with Gasteiger partial charge in [0.15, 0.2) is 0 Å². The lowest BCUT2D eigenvalue weighted by Crippen LogP contribution is -2.20. The standard InChI is InChI=1S/C13H18FN/c1-10-2-7-13(15-9-8-10)11-3-5-12(14)6-4-11/h3-6,10,13,15H,2,7-9H2,1H3/t10-,13-/m0/s1. The van der Waals surface area contributed by atoms with Gasteiger partial charge in [-0.1, -0.05) is 19.1 Å². The van der Waals surface area contributed by atoms with Crippen LogP contribution in [-0.2, 0) is 0 Å². The minimum Gasteiger partial charge on any atom is -0.310 e. The second-order valence-electron chi connectivity index (χ2n) is 4.53. The zero-order valence-electron chi connectivity index (χ0n) is 9.17. The minimum absolute atomic E-state index is 0.152. The van der Waals surface area contributed by atoms with E-state index in [1.54, 1.807) is 12.1 Å². The summed E-state index contributed by atoms with van der Waals surface area (Å²) in [5.74, 6) is 0.656. The molecule has 1 nitrogen and oxygen atoms in total. The lowest BCUT2D eigenvalue weighted by Gasteiger charge is -2.15. The van der Waals surface area contributed by atoms with Crippen molar-refractivity contribution in [2.75, 3.05) is 6.54 Å². The van der Waals surface area contributed by atoms with E-state index in [0.717, 1.165) is 18.9 Å². The molecule has 1 fully saturated rings. The number of nitrogens with one attached hydrogen (secondary N) is 1. The highest BCUT2D eigenvalue weighted by Crippen LogP contribution is 2.25. The molecular weight excluding hydrogens is 189 g/mol. The summed E-state index contributed by atoms with van der Waals surface area (Å²) in [5, 5.41) is 3.53. The number of rotatable bonds is 1. The summed E-state index contributed by atoms with van der Waals surface area (Å²) in [6.07, 6.45) is 3.67. The van der Waals surface area contributed by atoms with Crippen LogP contribution >= 0.6 is 0 Å². The first kappa shape index (κ1) is 10.6. The van der Waals surface area contributed by atoms with Gasteiger partial charge in [-0.2, -0.15) is 0 Å². The number of benzene rings is 1. The Morgan fingerprint density at radius 2 is 1.87 bits per heavy atom. The second kappa shape index (κ2) is 4.75. The molecule has 0 saturated carbocycles. The van der Waals surface area contributed by atoms with Gasteiger partial charge in [-0.15, -0.1) is 0 Å². The van der Waals surface area contributed by atoms with Crippen LogP contribution in [0.5, 0.6) is 0 Å². The van der Waals surface area contributed by atoms with Crippen LogP contribution < -0.4 is 5.32 Å². The average Bonchev–Trinajstić information content (AvgIpc) is 2.44. The van der Waals surface area contributed by atoms with Gasteiger partial charge in [0.1, 0.15) is 5.82 Å². The Kier molecular flexibility index (Phi) is 3.37. The molecule has 0 unspecified atom stereocenters. The van der Waals surface area contributed by atoms with Gasteiger partial charge in [0.05, 0.1) is 0 Å². The van der Waals surface area contributed by atoms with Crippen molar-refractivity contribution in [1.82, 2.24) is 5.32 Å². The highest BCUT2D eigenvalue weighted by molar-refractivity contribution is 5.20. The van der Waals surface area contributed by atoms with Crippen LogP contribution in [0, 0.1) is 11.7 Å². The first-order valence-corrected chi connectivity index (χ1v) is 5.74. The maximum atomic E-state index is 12.8. The van der Waals surface area contributed by atoms with Crippen molar-refractivity contribution < 1.29 is 4.39 Å². The Hall–Kier alpha value is -0.890. The fraction of sp³-hybridized carbons (Fsp3) is 0.538. The number of hydrogen-bond acceptors (Lipinski definition) is 1. The molecule has 15 heavy (non-hydrogen) atoms. The summed E-state index contributed by atoms with van der Waals surface area (Å²) in [4.78, 5) is 0. The van der Waals surface area contributed by atoms with Gasteiger partial charge in [-0.25, -0.2) is 4.39 Å². The van der Waals surface area contributed by atoms with Crippen LogP contribution in [0.4, 0.5) is 4.39 Å². The van der Waals surface area contributed by atoms with Crippen molar-refractivity contribution in [3.8, 4) is 0 Å². The van der Waals surface area contributed by atoms with Gasteiger partial charge < -0.3 is 5.32 Å². The fourth-order valence-corrected chi connectivity index (χ4v) is 2.18. The highest BCUT2D eigenvalue weighted by atomic mass is 19.1. The normalized spacial score (nSPS) is 27.3. The van der Waals surface area contributed by atoms with E-state index >= 15 is 0 Å². The van der Waals surface area contributed by atoms with Crippen LogP contribution in [-0.4, -0.2) is 6.54 Å². The Morgan fingerprint density at radius 3 is 2.60 bits per heavy atom. The summed E-state index contributed by atoms with van der Waals surface area (Å²) in [7, 11) is 0. The molecule has 0 bridgehead atoms. The molecule has 2 atom stereocenters. The number of halogens is 1. The Bertz CT molecular complexity index is 307. The lowest BCUT2D eigenvalue weighted by molar-refractivity contribution is 0.501. The molecule has 0 amide bonds. The Labute approximate surface area is 90.7 Å². The second-order valence-corrected chi connectivity index (χ2v) is 4.53. The molecule has 0 aliphatic carbocycles. The largest absolute Gasteiger partial charge is 0.310 e. The van der Waals surface area contributed by atoms with Crippen molar-refractivity contribution in [2.45, 2.75) is 32.2 Å². The van der Waals surface area contributed by atoms with E-state index in [9.17, 15) is 4.39 Å². The highest BCUT2D eigenvalue weighted by Gasteiger charge is 2.16. The van der Waals surface area contributed by atoms with Crippen LogP contribution in [0.2, 0.25) is 0 Å². The van der Waals surface area contributed by atoms with E-state index in [1.807, 2.05) is 12.1 Å². The third-order valence-electron chi connectivity index (χ3n) is 3.25. The van der Waals surface area contributed by atoms with Gasteiger partial charge in [-0.05, 0) is 49.4 Å². The molecule has 1 aliphatic rings. The molecule has 2 heteroatoms. The molecule has 1 aliphatic heterocycles. The summed E-state index contributed by atoms with van der Waals surface area (Å²) >= 11 is 0. The lowest BCUT2D eigenvalue weighted by atomic mass is 9.98. The summed E-state index contributed by atoms with van der Waals surface area (Å²) < 4.78 is 12.8. The van der Waals surface area contributed by atoms with Gasteiger partial charge in [0.25, 0.3) is 0 Å². The number of hydrogen-bond donors (Lipinski definition) is 1. The van der Waals surface area contributed by atoms with E-state index in [1.165, 1.54) is 18.4 Å². The predicted octanol–water partition coefficient (Wildman–Crippen LogP) is 3.28. The van der Waals surface area contributed by atoms with Crippen molar-refractivity contribution in [3.05, 3.63) is 35.6 Å². The summed E-state index contributed by atoms with van der Waals surface area (Å²) in [6, 6.07) is 7.29. The van der Waals surface area contributed by atoms with Crippen LogP contribution in [0.15, 0.2) is 24.3 Å². The average molecular weight is 207 g/mol. The third-order valence-corrected chi connectivity index (χ3v) is 3.25. The van der Waals surface area contributed by atoms with Crippen molar-refractivity contribution in [1.29, 1.82) is 0 Å². The molecule has 0 spiro atoms. The molecule has 1 aromatic carbocycles. The summed E-state index contributed by atoms with van der Waals surface area (Å²) in [6.45, 7) is 3.37. The maximum Gasteiger partial charge on any atom is 0.123 e. The van der Waals surface area contributed by atoms with Crippen molar-refractivity contribution in [2.24, 2.45) is 5.92 Å². The quantitative estimate of drug-likeness (QED) is 0.745. The molecule has 1 saturated heterocycles. The van der Waals surface area contributed by atoms with E-state index in [-0.39, 0.29) is 5.82 Å². The molecule has 1 aromatic rings. The van der Waals surface area contributed by atoms with Gasteiger partial charge in [-0.3, -0.25) is 0 Å². The van der Waals surface area contributed by atoms with Crippen molar-refractivity contribution >= 4 is 0 Å². The van der Waals surface area contributed by atoms with E-state index in [2.05, 4.69) is 12.2 Å². The Balaban J connectivity index is 2.06. The van der Waals surface area contributed by atoms with Gasteiger partial charge in [0, 0.05) is 6.04 Å². The molecule has 2 rings (SSSR count). The molecule has 1 heterocycles. The topological polar surface area (TPSA) is 12.0 Å². The van der Waals surface area contributed by atoms with Crippen LogP contribution in [0.25, 0.3) is 0 Å². The SMILES string of the molecule is C[C@@H]1CCN[C@H](c2ccc(F)cc2)CC1. The van der Waals surface area contributed by atoms with Gasteiger partial charge in [0.2, 0.25) is 0 Å². The molecule has 82 valence electrons. The summed E-state index contributed by atoms with van der Waals surface area (Å²) in [5.41, 5.74) is 1.21. The van der Waals surface area contributed by atoms with E-state index in [0.29, 0.717) is 6.04 Å². The molecule has 0 radical (unpaired) electrons. The monoisotopic (exact) mass is 207 g/mol. The van der Waals surface area contributed by atoms with Crippen LogP contribution in [0.1, 0.15) is 37.8 Å². The first-order valence-electron chi connectivity index (χ1n) is 5.74. The van der Waals surface area contributed by atoms with Crippen LogP contribution in [0.3, 0.4) is 0 Å². The zero-order chi connectivity index (χ0) is 10.7. The van der Waals surface area contributed by atoms with E-state index in [4.69, 9.17) is 0 Å².